The van der Waals surface area contributed by atoms with E-state index in [9.17, 15) is 9.59 Å². The zero-order valence-electron chi connectivity index (χ0n) is 15.9. The summed E-state index contributed by atoms with van der Waals surface area (Å²) in [5.41, 5.74) is 1.08. The van der Waals surface area contributed by atoms with Gasteiger partial charge in [0.25, 0.3) is 0 Å². The van der Waals surface area contributed by atoms with Gasteiger partial charge in [0, 0.05) is 12.6 Å². The Morgan fingerprint density at radius 3 is 2.32 bits per heavy atom. The van der Waals surface area contributed by atoms with Crippen LogP contribution >= 0.6 is 0 Å². The topological polar surface area (TPSA) is 79.9 Å². The molecule has 0 aliphatic heterocycles. The first-order valence-electron chi connectivity index (χ1n) is 8.31. The summed E-state index contributed by atoms with van der Waals surface area (Å²) in [7, 11) is 5.05. The molecule has 25 heavy (non-hydrogen) atoms. The number of imide groups is 1. The smallest absolute Gasteiger partial charge is 0.321 e. The van der Waals surface area contributed by atoms with E-state index in [0.717, 1.165) is 12.0 Å². The van der Waals surface area contributed by atoms with Gasteiger partial charge < -0.3 is 14.8 Å². The van der Waals surface area contributed by atoms with E-state index in [1.807, 2.05) is 44.0 Å². The molecule has 0 radical (unpaired) electrons. The average molecular weight is 351 g/mol. The van der Waals surface area contributed by atoms with E-state index < -0.39 is 12.1 Å². The molecule has 0 saturated heterocycles. The fourth-order valence-corrected chi connectivity index (χ4v) is 2.25. The van der Waals surface area contributed by atoms with Crippen molar-refractivity contribution in [2.45, 2.75) is 39.3 Å². The minimum absolute atomic E-state index is 0.0223. The molecule has 0 aliphatic rings. The van der Waals surface area contributed by atoms with Crippen molar-refractivity contribution in [3.63, 3.8) is 0 Å². The summed E-state index contributed by atoms with van der Waals surface area (Å²) in [6.45, 7) is 6.11. The van der Waals surface area contributed by atoms with Crippen molar-refractivity contribution in [1.29, 1.82) is 0 Å². The van der Waals surface area contributed by atoms with E-state index in [1.165, 1.54) is 0 Å². The van der Waals surface area contributed by atoms with E-state index >= 15 is 0 Å². The second-order valence-corrected chi connectivity index (χ2v) is 6.21. The lowest BCUT2D eigenvalue weighted by molar-refractivity contribution is -0.124. The van der Waals surface area contributed by atoms with Gasteiger partial charge in [0.15, 0.2) is 11.5 Å². The van der Waals surface area contributed by atoms with Gasteiger partial charge >= 0.3 is 6.03 Å². The number of hydrogen-bond donors (Lipinski definition) is 2. The molecule has 2 N–H and O–H groups in total. The summed E-state index contributed by atoms with van der Waals surface area (Å²) in [6.07, 6.45) is 0.743. The number of carbonyl (C=O) groups excluding carboxylic acids is 2. The lowest BCUT2D eigenvalue weighted by Crippen LogP contribution is -2.50. The summed E-state index contributed by atoms with van der Waals surface area (Å²) in [5.74, 6) is 1.04. The van der Waals surface area contributed by atoms with Crippen LogP contribution in [-0.4, -0.2) is 56.7 Å². The van der Waals surface area contributed by atoms with E-state index in [-0.39, 0.29) is 11.9 Å². The predicted molar refractivity (Wildman–Crippen MR) is 97.2 cm³/mol. The summed E-state index contributed by atoms with van der Waals surface area (Å²) >= 11 is 0. The van der Waals surface area contributed by atoms with Crippen LogP contribution in [0.25, 0.3) is 0 Å². The molecule has 0 fully saturated rings. The normalized spacial score (nSPS) is 12.0. The number of likely N-dealkylation sites (N-methyl/N-ethyl adjacent to an activating group) is 1. The Labute approximate surface area is 149 Å². The van der Waals surface area contributed by atoms with E-state index in [1.54, 1.807) is 21.1 Å². The van der Waals surface area contributed by atoms with Crippen LogP contribution in [0.2, 0.25) is 0 Å². The maximum Gasteiger partial charge on any atom is 0.321 e. The maximum absolute atomic E-state index is 12.1. The van der Waals surface area contributed by atoms with Crippen molar-refractivity contribution in [1.82, 2.24) is 15.5 Å². The summed E-state index contributed by atoms with van der Waals surface area (Å²) in [5, 5.41) is 4.99. The molecule has 3 amide bonds. The standard InChI is InChI=1S/C18H29N3O4/c1-12(2)19-18(23)20-17(22)13(3)21(4)10-9-14-7-8-15(24-5)16(11-14)25-6/h7-8,11-13H,9-10H2,1-6H3,(H2,19,20,22,23)/t13-/m1/s1. The van der Waals surface area contributed by atoms with Crippen LogP contribution < -0.4 is 20.1 Å². The molecule has 0 unspecified atom stereocenters. The highest BCUT2D eigenvalue weighted by molar-refractivity contribution is 5.96. The van der Waals surface area contributed by atoms with Crippen LogP contribution in [0.15, 0.2) is 18.2 Å². The number of methoxy groups -OCH3 is 2. The van der Waals surface area contributed by atoms with Gasteiger partial charge in [0.05, 0.1) is 20.3 Å². The monoisotopic (exact) mass is 351 g/mol. The molecule has 0 saturated carbocycles. The third-order valence-corrected chi connectivity index (χ3v) is 3.90. The number of hydrogen-bond acceptors (Lipinski definition) is 5. The number of urea groups is 1. The Bertz CT molecular complexity index is 590. The maximum atomic E-state index is 12.1. The Balaban J connectivity index is 2.56. The van der Waals surface area contributed by atoms with Gasteiger partial charge in [-0.25, -0.2) is 4.79 Å². The first kappa shape index (κ1) is 20.8. The molecule has 1 rings (SSSR count). The van der Waals surface area contributed by atoms with Gasteiger partial charge in [0.1, 0.15) is 0 Å². The molecule has 7 nitrogen and oxygen atoms in total. The number of nitrogens with one attached hydrogen (secondary N) is 2. The van der Waals surface area contributed by atoms with Crippen LogP contribution in [0, 0.1) is 0 Å². The van der Waals surface area contributed by atoms with Gasteiger partial charge in [-0.1, -0.05) is 6.07 Å². The Hall–Kier alpha value is -2.28. The minimum atomic E-state index is -0.472. The molecule has 1 aromatic rings. The predicted octanol–water partition coefficient (Wildman–Crippen LogP) is 1.80. The van der Waals surface area contributed by atoms with Crippen molar-refractivity contribution in [2.75, 3.05) is 27.8 Å². The highest BCUT2D eigenvalue weighted by atomic mass is 16.5. The van der Waals surface area contributed by atoms with Gasteiger partial charge in [-0.15, -0.1) is 0 Å². The minimum Gasteiger partial charge on any atom is -0.493 e. The van der Waals surface area contributed by atoms with Crippen LogP contribution in [-0.2, 0) is 11.2 Å². The molecule has 0 spiro atoms. The van der Waals surface area contributed by atoms with Crippen LogP contribution in [0.3, 0.4) is 0 Å². The molecule has 7 heteroatoms. The third kappa shape index (κ3) is 6.62. The van der Waals surface area contributed by atoms with E-state index in [4.69, 9.17) is 9.47 Å². The van der Waals surface area contributed by atoms with Crippen LogP contribution in [0.5, 0.6) is 11.5 Å². The number of nitrogens with zero attached hydrogens (tertiary/aromatic N) is 1. The highest BCUT2D eigenvalue weighted by Crippen LogP contribution is 2.27. The molecular formula is C18H29N3O4. The second-order valence-electron chi connectivity index (χ2n) is 6.21. The quantitative estimate of drug-likeness (QED) is 0.747. The van der Waals surface area contributed by atoms with E-state index in [2.05, 4.69) is 10.6 Å². The fraction of sp³-hybridized carbons (Fsp3) is 0.556. The summed E-state index contributed by atoms with van der Waals surface area (Å²) in [4.78, 5) is 25.6. The SMILES string of the molecule is COc1ccc(CCN(C)[C@H](C)C(=O)NC(=O)NC(C)C)cc1OC. The van der Waals surface area contributed by atoms with Gasteiger partial charge in [-0.2, -0.15) is 0 Å². The largest absolute Gasteiger partial charge is 0.493 e. The molecule has 0 bridgehead atoms. The van der Waals surface area contributed by atoms with Crippen molar-refractivity contribution in [3.05, 3.63) is 23.8 Å². The molecular weight excluding hydrogens is 322 g/mol. The fourth-order valence-electron chi connectivity index (χ4n) is 2.25. The second kappa shape index (κ2) is 9.88. The lowest BCUT2D eigenvalue weighted by atomic mass is 10.1. The van der Waals surface area contributed by atoms with Crippen molar-refractivity contribution >= 4 is 11.9 Å². The number of amides is 3. The zero-order valence-corrected chi connectivity index (χ0v) is 15.9. The lowest BCUT2D eigenvalue weighted by Gasteiger charge is -2.24. The number of rotatable bonds is 8. The Morgan fingerprint density at radius 1 is 1.12 bits per heavy atom. The Kier molecular flexibility index (Phi) is 8.21. The number of benzene rings is 1. The van der Waals surface area contributed by atoms with Gasteiger partial charge in [-0.3, -0.25) is 15.0 Å². The van der Waals surface area contributed by atoms with Crippen LogP contribution in [0.1, 0.15) is 26.3 Å². The molecule has 0 heterocycles. The molecule has 0 aliphatic carbocycles. The molecule has 1 atom stereocenters. The van der Waals surface area contributed by atoms with Crippen LogP contribution in [0.4, 0.5) is 4.79 Å². The van der Waals surface area contributed by atoms with E-state index in [0.29, 0.717) is 18.0 Å². The molecule has 140 valence electrons. The van der Waals surface area contributed by atoms with Crippen molar-refractivity contribution < 1.29 is 19.1 Å². The summed E-state index contributed by atoms with van der Waals surface area (Å²) < 4.78 is 10.5. The summed E-state index contributed by atoms with van der Waals surface area (Å²) in [6, 6.07) is 4.84. The van der Waals surface area contributed by atoms with Crippen molar-refractivity contribution in [2.24, 2.45) is 0 Å². The number of ether oxygens (including phenoxy) is 2. The molecule has 0 aromatic heterocycles. The number of carbonyl (C=O) groups is 2. The Morgan fingerprint density at radius 2 is 1.76 bits per heavy atom. The zero-order chi connectivity index (χ0) is 19.0. The third-order valence-electron chi connectivity index (χ3n) is 3.90. The van der Waals surface area contributed by atoms with Gasteiger partial charge in [-0.05, 0) is 51.9 Å². The molecule has 1 aromatic carbocycles. The highest BCUT2D eigenvalue weighted by Gasteiger charge is 2.20. The van der Waals surface area contributed by atoms with Gasteiger partial charge in [0.2, 0.25) is 5.91 Å². The first-order valence-corrected chi connectivity index (χ1v) is 8.31. The average Bonchev–Trinajstić information content (AvgIpc) is 2.57. The first-order chi connectivity index (χ1) is 11.8. The van der Waals surface area contributed by atoms with Crippen molar-refractivity contribution in [3.8, 4) is 11.5 Å².